The van der Waals surface area contributed by atoms with Crippen molar-refractivity contribution in [2.45, 2.75) is 82.6 Å². The van der Waals surface area contributed by atoms with E-state index < -0.39 is 39.6 Å². The van der Waals surface area contributed by atoms with Crippen molar-refractivity contribution in [3.8, 4) is 11.5 Å². The predicted octanol–water partition coefficient (Wildman–Crippen LogP) is 2.64. The number of hydrogen-bond donors (Lipinski definition) is 4. The fourth-order valence-corrected chi connectivity index (χ4v) is 6.77. The number of carbonyl (C=O) groups is 2. The van der Waals surface area contributed by atoms with Crippen LogP contribution >= 0.6 is 0 Å². The molecular weight excluding hydrogens is 572 g/mol. The molecule has 3 rings (SSSR count). The Labute approximate surface area is 255 Å². The molecule has 0 aromatic heterocycles. The summed E-state index contributed by atoms with van der Waals surface area (Å²) in [5.74, 6) is -0.245. The van der Waals surface area contributed by atoms with Gasteiger partial charge in [-0.05, 0) is 43.0 Å². The number of carbonyl (C=O) groups excluding carboxylic acids is 2. The number of aliphatic hydroxyl groups excluding tert-OH is 1. The Kier molecular flexibility index (Phi) is 12.4. The second-order valence-electron chi connectivity index (χ2n) is 11.4. The summed E-state index contributed by atoms with van der Waals surface area (Å²) in [5.41, 5.74) is 3.54. The van der Waals surface area contributed by atoms with Crippen molar-refractivity contribution in [1.29, 1.82) is 0 Å². The van der Waals surface area contributed by atoms with Crippen molar-refractivity contribution in [2.75, 3.05) is 20.1 Å². The van der Waals surface area contributed by atoms with E-state index in [0.29, 0.717) is 11.5 Å². The number of hydrogen-bond acceptors (Lipinski definition) is 9. The largest absolute Gasteiger partial charge is 0.451 e. The van der Waals surface area contributed by atoms with E-state index in [-0.39, 0.29) is 48.6 Å². The Bertz CT molecular complexity index is 1320. The van der Waals surface area contributed by atoms with Crippen molar-refractivity contribution in [3.05, 3.63) is 54.1 Å². The summed E-state index contributed by atoms with van der Waals surface area (Å²) in [4.78, 5) is 26.3. The number of aliphatic hydroxyl groups is 1. The number of ether oxygens (including phenoxy) is 2. The minimum Gasteiger partial charge on any atom is -0.451 e. The Hall–Kier alpha value is -3.19. The standard InChI is InChI=1S/C31H46N4O7S/c1-7-21(4)15-30(38)35(34-29(37)19-32-6)25(16-23-11-9-8-10-12-23)26(36)18-33-31(20(2)3)43(39,40)24-13-14-27-28(17-24)42-22(5)41-27/h8-14,17,20-22,25-26,31-33,36H,7,15-16,18-19H2,1-6H3,(H,34,37)/t21-,22?,25?,26+,31?/m0/s1. The molecule has 238 valence electrons. The van der Waals surface area contributed by atoms with Crippen LogP contribution in [0.15, 0.2) is 53.4 Å². The maximum Gasteiger partial charge on any atom is 0.252 e. The Balaban J connectivity index is 1.89. The van der Waals surface area contributed by atoms with Gasteiger partial charge in [-0.1, -0.05) is 64.4 Å². The SMILES string of the molecule is CC[C@H](C)CC(=O)N(NC(=O)CNC)C(Cc1ccccc1)[C@H](O)CNC(C(C)C)S(=O)(=O)c1ccc2c(c1)OC(C)O2. The van der Waals surface area contributed by atoms with E-state index in [1.165, 1.54) is 17.1 Å². The number of fused-ring (bicyclic) bond motifs is 1. The molecule has 4 N–H and O–H groups in total. The first-order valence-corrected chi connectivity index (χ1v) is 16.3. The molecule has 12 heteroatoms. The highest BCUT2D eigenvalue weighted by Gasteiger charge is 2.36. The summed E-state index contributed by atoms with van der Waals surface area (Å²) >= 11 is 0. The molecule has 3 unspecified atom stereocenters. The number of sulfone groups is 1. The minimum atomic E-state index is -3.92. The lowest BCUT2D eigenvalue weighted by atomic mass is 9.98. The van der Waals surface area contributed by atoms with Gasteiger partial charge in [0.05, 0.1) is 23.6 Å². The molecule has 0 aliphatic carbocycles. The Morgan fingerprint density at radius 3 is 2.35 bits per heavy atom. The summed E-state index contributed by atoms with van der Waals surface area (Å²) in [6.07, 6.45) is -0.569. The molecule has 0 radical (unpaired) electrons. The monoisotopic (exact) mass is 618 g/mol. The first-order chi connectivity index (χ1) is 20.4. The van der Waals surface area contributed by atoms with Gasteiger partial charge < -0.3 is 19.9 Å². The van der Waals surface area contributed by atoms with Gasteiger partial charge in [-0.2, -0.15) is 0 Å². The van der Waals surface area contributed by atoms with Crippen LogP contribution in [0.3, 0.4) is 0 Å². The van der Waals surface area contributed by atoms with Crippen LogP contribution in [0.5, 0.6) is 11.5 Å². The van der Waals surface area contributed by atoms with Gasteiger partial charge in [-0.3, -0.25) is 20.3 Å². The molecule has 43 heavy (non-hydrogen) atoms. The molecule has 0 saturated carbocycles. The molecule has 1 aliphatic heterocycles. The number of nitrogens with one attached hydrogen (secondary N) is 3. The third-order valence-electron chi connectivity index (χ3n) is 7.43. The van der Waals surface area contributed by atoms with Gasteiger partial charge in [0.1, 0.15) is 5.37 Å². The zero-order chi connectivity index (χ0) is 31.7. The second kappa shape index (κ2) is 15.5. The molecule has 2 aromatic rings. The van der Waals surface area contributed by atoms with Crippen molar-refractivity contribution in [2.24, 2.45) is 11.8 Å². The average Bonchev–Trinajstić information content (AvgIpc) is 3.34. The average molecular weight is 619 g/mol. The highest BCUT2D eigenvalue weighted by Crippen LogP contribution is 2.37. The molecule has 1 aliphatic rings. The van der Waals surface area contributed by atoms with E-state index in [0.717, 1.165) is 12.0 Å². The van der Waals surface area contributed by atoms with Crippen molar-refractivity contribution >= 4 is 21.7 Å². The maximum absolute atomic E-state index is 13.8. The zero-order valence-corrected chi connectivity index (χ0v) is 26.7. The molecule has 0 bridgehead atoms. The van der Waals surface area contributed by atoms with E-state index in [4.69, 9.17) is 9.47 Å². The molecule has 0 spiro atoms. The van der Waals surface area contributed by atoms with Crippen molar-refractivity contribution in [1.82, 2.24) is 21.1 Å². The van der Waals surface area contributed by atoms with Crippen LogP contribution in [0.25, 0.3) is 0 Å². The van der Waals surface area contributed by atoms with E-state index in [9.17, 15) is 23.1 Å². The van der Waals surface area contributed by atoms with Crippen molar-refractivity contribution in [3.63, 3.8) is 0 Å². The molecule has 1 heterocycles. The minimum absolute atomic E-state index is 0.0263. The van der Waals surface area contributed by atoms with Crippen LogP contribution in [0.2, 0.25) is 0 Å². The molecule has 2 amide bonds. The number of nitrogens with zero attached hydrogens (tertiary/aromatic N) is 1. The number of rotatable bonds is 15. The Morgan fingerprint density at radius 2 is 1.72 bits per heavy atom. The van der Waals surface area contributed by atoms with Gasteiger partial charge in [-0.25, -0.2) is 13.4 Å². The topological polar surface area (TPSA) is 146 Å². The lowest BCUT2D eigenvalue weighted by molar-refractivity contribution is -0.148. The van der Waals surface area contributed by atoms with Crippen LogP contribution in [0.4, 0.5) is 0 Å². The predicted molar refractivity (Wildman–Crippen MR) is 164 cm³/mol. The van der Waals surface area contributed by atoms with E-state index in [1.807, 2.05) is 44.2 Å². The summed E-state index contributed by atoms with van der Waals surface area (Å²) in [6, 6.07) is 13.0. The third-order valence-corrected chi connectivity index (χ3v) is 9.72. The van der Waals surface area contributed by atoms with Crippen LogP contribution in [-0.2, 0) is 25.8 Å². The van der Waals surface area contributed by atoms with E-state index in [2.05, 4.69) is 16.1 Å². The van der Waals surface area contributed by atoms with Gasteiger partial charge >= 0.3 is 0 Å². The van der Waals surface area contributed by atoms with Gasteiger partial charge in [0.15, 0.2) is 21.3 Å². The maximum atomic E-state index is 13.8. The molecule has 5 atom stereocenters. The van der Waals surface area contributed by atoms with Gasteiger partial charge in [0, 0.05) is 26.0 Å². The fourth-order valence-electron chi connectivity index (χ4n) is 4.92. The molecule has 2 aromatic carbocycles. The summed E-state index contributed by atoms with van der Waals surface area (Å²) < 4.78 is 38.6. The summed E-state index contributed by atoms with van der Waals surface area (Å²) in [6.45, 7) is 9.02. The quantitative estimate of drug-likeness (QED) is 0.221. The van der Waals surface area contributed by atoms with E-state index >= 15 is 0 Å². The second-order valence-corrected chi connectivity index (χ2v) is 13.5. The molecular formula is C31H46N4O7S. The first kappa shape index (κ1) is 34.3. The molecule has 11 nitrogen and oxygen atoms in total. The van der Waals surface area contributed by atoms with Crippen LogP contribution in [0, 0.1) is 11.8 Å². The third kappa shape index (κ3) is 9.15. The van der Waals surface area contributed by atoms with E-state index in [1.54, 1.807) is 33.9 Å². The highest BCUT2D eigenvalue weighted by molar-refractivity contribution is 7.92. The van der Waals surface area contributed by atoms with Gasteiger partial charge in [0.25, 0.3) is 5.91 Å². The number of benzene rings is 2. The normalized spacial score (nSPS) is 17.3. The van der Waals surface area contributed by atoms with Gasteiger partial charge in [-0.15, -0.1) is 0 Å². The first-order valence-electron chi connectivity index (χ1n) is 14.8. The lowest BCUT2D eigenvalue weighted by Crippen LogP contribution is -2.60. The van der Waals surface area contributed by atoms with Crippen LogP contribution in [0.1, 0.15) is 53.0 Å². The van der Waals surface area contributed by atoms with Crippen LogP contribution < -0.4 is 25.5 Å². The van der Waals surface area contributed by atoms with Crippen LogP contribution in [-0.4, -0.2) is 74.3 Å². The zero-order valence-electron chi connectivity index (χ0n) is 25.9. The van der Waals surface area contributed by atoms with Crippen molar-refractivity contribution < 1.29 is 32.6 Å². The molecule has 0 fully saturated rings. The summed E-state index contributed by atoms with van der Waals surface area (Å²) in [5, 5.41) is 17.6. The lowest BCUT2D eigenvalue weighted by Gasteiger charge is -2.36. The smallest absolute Gasteiger partial charge is 0.252 e. The summed E-state index contributed by atoms with van der Waals surface area (Å²) in [7, 11) is -2.29. The Morgan fingerprint density at radius 1 is 1.05 bits per heavy atom. The number of hydrazine groups is 1. The fraction of sp³-hybridized carbons (Fsp3) is 0.548. The number of amides is 2. The highest BCUT2D eigenvalue weighted by atomic mass is 32.2. The van der Waals surface area contributed by atoms with Gasteiger partial charge in [0.2, 0.25) is 12.2 Å². The molecule has 0 saturated heterocycles. The number of likely N-dealkylation sites (N-methyl/N-ethyl adjacent to an activating group) is 1.